The summed E-state index contributed by atoms with van der Waals surface area (Å²) >= 11 is 0. The average molecular weight is 391 g/mol. The Bertz CT molecular complexity index is 1000. The number of pyridine rings is 1. The molecule has 9 nitrogen and oxygen atoms in total. The Morgan fingerprint density at radius 2 is 1.68 bits per heavy atom. The molecule has 3 N–H and O–H groups in total. The number of methoxy groups -OCH3 is 2. The minimum absolute atomic E-state index is 0.246. The lowest BCUT2D eigenvalue weighted by atomic mass is 10.00. The lowest BCUT2D eigenvalue weighted by Gasteiger charge is -2.39. The van der Waals surface area contributed by atoms with Crippen molar-refractivity contribution >= 4 is 22.0 Å². The summed E-state index contributed by atoms with van der Waals surface area (Å²) < 4.78 is 27.7. The zero-order chi connectivity index (χ0) is 20.0. The second kappa shape index (κ2) is 7.10. The number of aliphatic hydroxyl groups excluding tert-OH is 3. The second-order valence-corrected chi connectivity index (χ2v) is 6.58. The van der Waals surface area contributed by atoms with Crippen LogP contribution in [0.1, 0.15) is 6.92 Å². The van der Waals surface area contributed by atoms with Gasteiger partial charge in [0.1, 0.15) is 29.6 Å². The number of rotatable bonds is 4. The number of benzene rings is 1. The van der Waals surface area contributed by atoms with Crippen LogP contribution < -0.4 is 14.2 Å². The predicted octanol–water partition coefficient (Wildman–Crippen LogP) is 1.20. The number of hydrogen-bond acceptors (Lipinski definition) is 9. The molecular weight excluding hydrogens is 370 g/mol. The SMILES string of the molecule is COc1c2ccoc2nc2c(OC)c(O[C@@H]3O[C@H](C)[C@H](O)[C@H](O)[C@H]3O)ccc12. The number of aliphatic hydroxyl groups is 3. The maximum atomic E-state index is 10.2. The highest BCUT2D eigenvalue weighted by Gasteiger charge is 2.43. The van der Waals surface area contributed by atoms with Gasteiger partial charge < -0.3 is 38.7 Å². The molecule has 4 rings (SSSR count). The van der Waals surface area contributed by atoms with E-state index in [0.29, 0.717) is 22.4 Å². The van der Waals surface area contributed by atoms with Crippen LogP contribution in [0, 0.1) is 0 Å². The van der Waals surface area contributed by atoms with Crippen molar-refractivity contribution in [2.24, 2.45) is 0 Å². The standard InChI is InChI=1S/C19H21NO8/c1-8-13(21)14(22)15(23)19(27-8)28-11-5-4-9-12(17(11)25-3)20-18-10(6-7-26-18)16(9)24-2/h4-8,13-15,19,21-23H,1-3H3/t8-,13+,14+,15-,19+/m1/s1. The minimum atomic E-state index is -1.44. The Morgan fingerprint density at radius 3 is 2.39 bits per heavy atom. The largest absolute Gasteiger partial charge is 0.495 e. The third kappa shape index (κ3) is 2.83. The number of fused-ring (bicyclic) bond motifs is 2. The van der Waals surface area contributed by atoms with Crippen LogP contribution in [0.4, 0.5) is 0 Å². The summed E-state index contributed by atoms with van der Waals surface area (Å²) in [5.41, 5.74) is 0.819. The number of hydrogen-bond donors (Lipinski definition) is 3. The molecule has 1 aromatic carbocycles. The van der Waals surface area contributed by atoms with E-state index >= 15 is 0 Å². The molecule has 1 saturated heterocycles. The first kappa shape index (κ1) is 18.8. The maximum absolute atomic E-state index is 10.2. The first-order chi connectivity index (χ1) is 13.5. The second-order valence-electron chi connectivity index (χ2n) is 6.58. The van der Waals surface area contributed by atoms with Crippen LogP contribution in [0.5, 0.6) is 17.2 Å². The zero-order valence-corrected chi connectivity index (χ0v) is 15.5. The van der Waals surface area contributed by atoms with Crippen molar-refractivity contribution in [1.82, 2.24) is 4.98 Å². The van der Waals surface area contributed by atoms with E-state index in [1.807, 2.05) is 0 Å². The van der Waals surface area contributed by atoms with Gasteiger partial charge in [-0.1, -0.05) is 0 Å². The summed E-state index contributed by atoms with van der Waals surface area (Å²) in [6.07, 6.45) is -4.47. The van der Waals surface area contributed by atoms with Gasteiger partial charge in [-0.05, 0) is 25.1 Å². The molecule has 0 bridgehead atoms. The molecule has 28 heavy (non-hydrogen) atoms. The fraction of sp³-hybridized carbons (Fsp3) is 0.421. The van der Waals surface area contributed by atoms with E-state index in [4.69, 9.17) is 23.4 Å². The number of furan rings is 1. The molecule has 1 aliphatic heterocycles. The van der Waals surface area contributed by atoms with Crippen molar-refractivity contribution in [1.29, 1.82) is 0 Å². The van der Waals surface area contributed by atoms with E-state index < -0.39 is 30.7 Å². The highest BCUT2D eigenvalue weighted by molar-refractivity contribution is 6.02. The van der Waals surface area contributed by atoms with Crippen molar-refractivity contribution in [3.05, 3.63) is 24.5 Å². The van der Waals surface area contributed by atoms with E-state index in [1.54, 1.807) is 32.2 Å². The highest BCUT2D eigenvalue weighted by atomic mass is 16.7. The van der Waals surface area contributed by atoms with Gasteiger partial charge in [-0.25, -0.2) is 4.98 Å². The summed E-state index contributed by atoms with van der Waals surface area (Å²) in [4.78, 5) is 4.49. The molecule has 0 radical (unpaired) electrons. The molecule has 0 amide bonds. The van der Waals surface area contributed by atoms with Crippen LogP contribution in [-0.4, -0.2) is 65.2 Å². The molecule has 2 aromatic heterocycles. The van der Waals surface area contributed by atoms with Crippen LogP contribution in [-0.2, 0) is 4.74 Å². The molecule has 1 fully saturated rings. The van der Waals surface area contributed by atoms with E-state index in [9.17, 15) is 15.3 Å². The van der Waals surface area contributed by atoms with Gasteiger partial charge in [-0.3, -0.25) is 0 Å². The Hall–Kier alpha value is -2.59. The van der Waals surface area contributed by atoms with Crippen molar-refractivity contribution < 1.29 is 38.7 Å². The maximum Gasteiger partial charge on any atom is 0.230 e. The van der Waals surface area contributed by atoms with Gasteiger partial charge in [0.15, 0.2) is 11.5 Å². The molecule has 1 aliphatic rings. The molecule has 3 aromatic rings. The van der Waals surface area contributed by atoms with Crippen molar-refractivity contribution in [3.63, 3.8) is 0 Å². The van der Waals surface area contributed by atoms with Crippen LogP contribution in [0.2, 0.25) is 0 Å². The molecular formula is C19H21NO8. The van der Waals surface area contributed by atoms with Gasteiger partial charge in [0.25, 0.3) is 0 Å². The van der Waals surface area contributed by atoms with Crippen molar-refractivity contribution in [3.8, 4) is 17.2 Å². The summed E-state index contributed by atoms with van der Waals surface area (Å²) in [6, 6.07) is 5.14. The summed E-state index contributed by atoms with van der Waals surface area (Å²) in [6.45, 7) is 1.58. The van der Waals surface area contributed by atoms with Crippen LogP contribution in [0.15, 0.2) is 28.9 Å². The lowest BCUT2D eigenvalue weighted by Crippen LogP contribution is -2.58. The minimum Gasteiger partial charge on any atom is -0.495 e. The van der Waals surface area contributed by atoms with Gasteiger partial charge in [0, 0.05) is 5.39 Å². The number of nitrogens with zero attached hydrogens (tertiary/aromatic N) is 1. The topological polar surface area (TPSA) is 124 Å². The Morgan fingerprint density at radius 1 is 0.929 bits per heavy atom. The molecule has 150 valence electrons. The normalized spacial score (nSPS) is 27.9. The smallest absolute Gasteiger partial charge is 0.230 e. The van der Waals surface area contributed by atoms with Gasteiger partial charge in [-0.2, -0.15) is 0 Å². The van der Waals surface area contributed by atoms with E-state index in [0.717, 1.165) is 5.39 Å². The molecule has 3 heterocycles. The molecule has 9 heteroatoms. The lowest BCUT2D eigenvalue weighted by molar-refractivity contribution is -0.268. The Labute approximate surface area is 160 Å². The molecule has 5 atom stereocenters. The van der Waals surface area contributed by atoms with Gasteiger partial charge in [-0.15, -0.1) is 0 Å². The van der Waals surface area contributed by atoms with Crippen LogP contribution >= 0.6 is 0 Å². The average Bonchev–Trinajstić information content (AvgIpc) is 3.16. The highest BCUT2D eigenvalue weighted by Crippen LogP contribution is 2.42. The summed E-state index contributed by atoms with van der Waals surface area (Å²) in [5, 5.41) is 31.4. The monoisotopic (exact) mass is 391 g/mol. The van der Waals surface area contributed by atoms with E-state index in [-0.39, 0.29) is 11.5 Å². The third-order valence-corrected chi connectivity index (χ3v) is 4.90. The predicted molar refractivity (Wildman–Crippen MR) is 97.6 cm³/mol. The fourth-order valence-electron chi connectivity index (χ4n) is 3.40. The summed E-state index contributed by atoms with van der Waals surface area (Å²) in [7, 11) is 3.01. The van der Waals surface area contributed by atoms with Crippen molar-refractivity contribution in [2.45, 2.75) is 37.6 Å². The Kier molecular flexibility index (Phi) is 4.76. The molecule has 0 saturated carbocycles. The van der Waals surface area contributed by atoms with Gasteiger partial charge in [0.2, 0.25) is 12.0 Å². The summed E-state index contributed by atoms with van der Waals surface area (Å²) in [5.74, 6) is 1.12. The quantitative estimate of drug-likeness (QED) is 0.602. The van der Waals surface area contributed by atoms with Gasteiger partial charge >= 0.3 is 0 Å². The molecule has 0 spiro atoms. The first-order valence-corrected chi connectivity index (χ1v) is 8.74. The van der Waals surface area contributed by atoms with Crippen LogP contribution in [0.25, 0.3) is 22.0 Å². The number of aromatic nitrogens is 1. The van der Waals surface area contributed by atoms with Crippen molar-refractivity contribution in [2.75, 3.05) is 14.2 Å². The van der Waals surface area contributed by atoms with Crippen LogP contribution in [0.3, 0.4) is 0 Å². The Balaban J connectivity index is 1.79. The third-order valence-electron chi connectivity index (χ3n) is 4.90. The first-order valence-electron chi connectivity index (χ1n) is 8.74. The van der Waals surface area contributed by atoms with E-state index in [1.165, 1.54) is 13.4 Å². The molecule has 0 unspecified atom stereocenters. The number of ether oxygens (including phenoxy) is 4. The van der Waals surface area contributed by atoms with Gasteiger partial charge in [0.05, 0.1) is 32.0 Å². The fourth-order valence-corrected chi connectivity index (χ4v) is 3.40. The van der Waals surface area contributed by atoms with E-state index in [2.05, 4.69) is 4.98 Å². The molecule has 0 aliphatic carbocycles. The zero-order valence-electron chi connectivity index (χ0n) is 15.5.